The Balaban J connectivity index is 2.52. The summed E-state index contributed by atoms with van der Waals surface area (Å²) in [6.45, 7) is 5.37. The number of hydrogen-bond acceptors (Lipinski definition) is 3. The zero-order chi connectivity index (χ0) is 10.0. The number of carbonyl (C=O) groups is 1. The highest BCUT2D eigenvalue weighted by Crippen LogP contribution is 2.23. The van der Waals surface area contributed by atoms with Gasteiger partial charge in [-0.15, -0.1) is 0 Å². The van der Waals surface area contributed by atoms with Gasteiger partial charge in [0.05, 0.1) is 0 Å². The van der Waals surface area contributed by atoms with E-state index in [1.54, 1.807) is 6.92 Å². The number of likely N-dealkylation sites (tertiary alicyclic amines) is 1. The number of nitrogens with zero attached hydrogens (tertiary/aromatic N) is 1. The fraction of sp³-hybridized carbons (Fsp3) is 0.889. The van der Waals surface area contributed by atoms with Gasteiger partial charge in [0.15, 0.2) is 0 Å². The standard InChI is InChI=1S/C9H17NO3/c1-6-3-10(4-8(6)5-11)7(2)9(12)13/h6-8,11H,3-5H2,1-2H3,(H,12,13)/t6-,7-,8+/m1/s1. The third-order valence-corrected chi connectivity index (χ3v) is 2.94. The van der Waals surface area contributed by atoms with Gasteiger partial charge in [-0.1, -0.05) is 6.92 Å². The lowest BCUT2D eigenvalue weighted by Gasteiger charge is -2.19. The molecule has 1 aliphatic heterocycles. The summed E-state index contributed by atoms with van der Waals surface area (Å²) in [7, 11) is 0. The van der Waals surface area contributed by atoms with E-state index in [2.05, 4.69) is 6.92 Å². The van der Waals surface area contributed by atoms with Crippen LogP contribution in [0.2, 0.25) is 0 Å². The summed E-state index contributed by atoms with van der Waals surface area (Å²) in [5.74, 6) is -0.153. The average Bonchev–Trinajstić information content (AvgIpc) is 2.45. The summed E-state index contributed by atoms with van der Waals surface area (Å²) >= 11 is 0. The molecule has 1 aliphatic rings. The minimum Gasteiger partial charge on any atom is -0.480 e. The van der Waals surface area contributed by atoms with Gasteiger partial charge in [0.25, 0.3) is 0 Å². The molecule has 0 aromatic heterocycles. The summed E-state index contributed by atoms with van der Waals surface area (Å²) in [6.07, 6.45) is 0. The summed E-state index contributed by atoms with van der Waals surface area (Å²) in [6, 6.07) is -0.431. The van der Waals surface area contributed by atoms with Gasteiger partial charge in [0.1, 0.15) is 6.04 Å². The maximum Gasteiger partial charge on any atom is 0.320 e. The van der Waals surface area contributed by atoms with Crippen molar-refractivity contribution in [1.82, 2.24) is 4.90 Å². The average molecular weight is 187 g/mol. The molecular formula is C9H17NO3. The SMILES string of the molecule is C[C@@H]1CN([C@H](C)C(=O)O)C[C@H]1CO. The highest BCUT2D eigenvalue weighted by molar-refractivity contribution is 5.72. The topological polar surface area (TPSA) is 60.8 Å². The maximum absolute atomic E-state index is 10.7. The van der Waals surface area contributed by atoms with Gasteiger partial charge < -0.3 is 10.2 Å². The van der Waals surface area contributed by atoms with Crippen molar-refractivity contribution in [3.8, 4) is 0 Å². The van der Waals surface area contributed by atoms with E-state index < -0.39 is 12.0 Å². The van der Waals surface area contributed by atoms with Gasteiger partial charge in [-0.2, -0.15) is 0 Å². The Labute approximate surface area is 78.2 Å². The van der Waals surface area contributed by atoms with Crippen LogP contribution in [0.25, 0.3) is 0 Å². The Morgan fingerprint density at radius 2 is 2.23 bits per heavy atom. The van der Waals surface area contributed by atoms with Crippen molar-refractivity contribution in [2.75, 3.05) is 19.7 Å². The van der Waals surface area contributed by atoms with Crippen LogP contribution >= 0.6 is 0 Å². The summed E-state index contributed by atoms with van der Waals surface area (Å²) < 4.78 is 0. The first kappa shape index (κ1) is 10.5. The first-order valence-electron chi connectivity index (χ1n) is 4.64. The molecule has 0 radical (unpaired) electrons. The Morgan fingerprint density at radius 3 is 2.62 bits per heavy atom. The minimum atomic E-state index is -0.786. The monoisotopic (exact) mass is 187 g/mol. The smallest absolute Gasteiger partial charge is 0.320 e. The van der Waals surface area contributed by atoms with Gasteiger partial charge in [-0.05, 0) is 18.8 Å². The lowest BCUT2D eigenvalue weighted by Crippen LogP contribution is -2.37. The summed E-state index contributed by atoms with van der Waals surface area (Å²) in [5.41, 5.74) is 0. The largest absolute Gasteiger partial charge is 0.480 e. The van der Waals surface area contributed by atoms with Crippen LogP contribution in [0.1, 0.15) is 13.8 Å². The zero-order valence-electron chi connectivity index (χ0n) is 8.10. The van der Waals surface area contributed by atoms with E-state index in [-0.39, 0.29) is 12.5 Å². The van der Waals surface area contributed by atoms with Crippen molar-refractivity contribution < 1.29 is 15.0 Å². The van der Waals surface area contributed by atoms with Crippen molar-refractivity contribution in [3.63, 3.8) is 0 Å². The Kier molecular flexibility index (Phi) is 3.27. The first-order valence-corrected chi connectivity index (χ1v) is 4.64. The minimum absolute atomic E-state index is 0.157. The highest BCUT2D eigenvalue weighted by atomic mass is 16.4. The van der Waals surface area contributed by atoms with Gasteiger partial charge in [0.2, 0.25) is 0 Å². The number of aliphatic hydroxyl groups is 1. The van der Waals surface area contributed by atoms with Gasteiger partial charge in [-0.25, -0.2) is 0 Å². The fourth-order valence-electron chi connectivity index (χ4n) is 1.78. The third-order valence-electron chi connectivity index (χ3n) is 2.94. The molecule has 0 aromatic rings. The molecular weight excluding hydrogens is 170 g/mol. The van der Waals surface area contributed by atoms with Crippen LogP contribution in [0, 0.1) is 11.8 Å². The van der Waals surface area contributed by atoms with E-state index in [0.29, 0.717) is 12.5 Å². The number of rotatable bonds is 3. The van der Waals surface area contributed by atoms with E-state index >= 15 is 0 Å². The number of carboxylic acids is 1. The molecule has 1 heterocycles. The van der Waals surface area contributed by atoms with Gasteiger partial charge in [-0.3, -0.25) is 9.69 Å². The van der Waals surface area contributed by atoms with Crippen LogP contribution in [0.15, 0.2) is 0 Å². The predicted molar refractivity (Wildman–Crippen MR) is 48.4 cm³/mol. The van der Waals surface area contributed by atoms with Crippen LogP contribution in [-0.2, 0) is 4.79 Å². The van der Waals surface area contributed by atoms with E-state index in [0.717, 1.165) is 6.54 Å². The number of aliphatic hydroxyl groups excluding tert-OH is 1. The van der Waals surface area contributed by atoms with Crippen LogP contribution in [0.4, 0.5) is 0 Å². The van der Waals surface area contributed by atoms with E-state index in [9.17, 15) is 4.79 Å². The quantitative estimate of drug-likeness (QED) is 0.654. The molecule has 1 rings (SSSR count). The van der Waals surface area contributed by atoms with Crippen LogP contribution in [0.5, 0.6) is 0 Å². The van der Waals surface area contributed by atoms with Crippen LogP contribution in [0.3, 0.4) is 0 Å². The van der Waals surface area contributed by atoms with Crippen molar-refractivity contribution in [2.45, 2.75) is 19.9 Å². The van der Waals surface area contributed by atoms with Crippen LogP contribution < -0.4 is 0 Å². The molecule has 2 N–H and O–H groups in total. The molecule has 4 heteroatoms. The highest BCUT2D eigenvalue weighted by Gasteiger charge is 2.33. The molecule has 0 aromatic carbocycles. The van der Waals surface area contributed by atoms with Gasteiger partial charge >= 0.3 is 5.97 Å². The van der Waals surface area contributed by atoms with Crippen molar-refractivity contribution >= 4 is 5.97 Å². The number of aliphatic carboxylic acids is 1. The van der Waals surface area contributed by atoms with Crippen molar-refractivity contribution in [1.29, 1.82) is 0 Å². The van der Waals surface area contributed by atoms with Gasteiger partial charge in [0, 0.05) is 19.7 Å². The second-order valence-electron chi connectivity index (χ2n) is 3.89. The molecule has 0 amide bonds. The normalized spacial score (nSPS) is 31.9. The molecule has 0 unspecified atom stereocenters. The molecule has 76 valence electrons. The van der Waals surface area contributed by atoms with E-state index in [4.69, 9.17) is 10.2 Å². The van der Waals surface area contributed by atoms with Crippen molar-refractivity contribution in [3.05, 3.63) is 0 Å². The Hall–Kier alpha value is -0.610. The molecule has 13 heavy (non-hydrogen) atoms. The van der Waals surface area contributed by atoms with Crippen LogP contribution in [-0.4, -0.2) is 46.8 Å². The molecule has 1 saturated heterocycles. The molecule has 1 fully saturated rings. The second-order valence-corrected chi connectivity index (χ2v) is 3.89. The number of carboxylic acid groups (broad SMARTS) is 1. The molecule has 0 saturated carbocycles. The lowest BCUT2D eigenvalue weighted by molar-refractivity contribution is -0.142. The maximum atomic E-state index is 10.7. The fourth-order valence-corrected chi connectivity index (χ4v) is 1.78. The lowest BCUT2D eigenvalue weighted by atomic mass is 10.00. The molecule has 3 atom stereocenters. The summed E-state index contributed by atoms with van der Waals surface area (Å²) in [5, 5.41) is 17.8. The second kappa shape index (κ2) is 4.07. The predicted octanol–water partition coefficient (Wildman–Crippen LogP) is 0.0197. The molecule has 0 aliphatic carbocycles. The van der Waals surface area contributed by atoms with Crippen molar-refractivity contribution in [2.24, 2.45) is 11.8 Å². The van der Waals surface area contributed by atoms with E-state index in [1.807, 2.05) is 4.90 Å². The number of hydrogen-bond donors (Lipinski definition) is 2. The zero-order valence-corrected chi connectivity index (χ0v) is 8.10. The molecule has 4 nitrogen and oxygen atoms in total. The van der Waals surface area contributed by atoms with E-state index in [1.165, 1.54) is 0 Å². The Morgan fingerprint density at radius 1 is 1.62 bits per heavy atom. The summed E-state index contributed by atoms with van der Waals surface area (Å²) in [4.78, 5) is 12.6. The third kappa shape index (κ3) is 2.19. The Bertz CT molecular complexity index is 195. The molecule has 0 spiro atoms. The first-order chi connectivity index (χ1) is 6.06. The molecule has 0 bridgehead atoms.